The summed E-state index contributed by atoms with van der Waals surface area (Å²) in [6.07, 6.45) is 5.44. The summed E-state index contributed by atoms with van der Waals surface area (Å²) < 4.78 is 10.00. The van der Waals surface area contributed by atoms with Crippen molar-refractivity contribution in [2.24, 2.45) is 0 Å². The Morgan fingerprint density at radius 2 is 1.21 bits per heavy atom. The van der Waals surface area contributed by atoms with Gasteiger partial charge in [-0.1, -0.05) is 24.3 Å². The molecule has 0 amide bonds. The molecule has 0 saturated carbocycles. The van der Waals surface area contributed by atoms with Crippen LogP contribution in [0.3, 0.4) is 0 Å². The molecule has 6 nitrogen and oxygen atoms in total. The van der Waals surface area contributed by atoms with Gasteiger partial charge in [0.2, 0.25) is 0 Å². The number of phenolic OH excluding ortho intramolecular Hbond substituents is 2. The fraction of sp³-hybridized carbons (Fsp3) is 0.143. The number of ketones is 2. The zero-order valence-electron chi connectivity index (χ0n) is 15.0. The molecule has 0 aliphatic carbocycles. The van der Waals surface area contributed by atoms with Crippen molar-refractivity contribution < 1.29 is 29.3 Å². The Morgan fingerprint density at radius 1 is 0.821 bits per heavy atom. The van der Waals surface area contributed by atoms with Crippen molar-refractivity contribution in [1.82, 2.24) is 0 Å². The van der Waals surface area contributed by atoms with Gasteiger partial charge in [-0.25, -0.2) is 0 Å². The second-order valence-corrected chi connectivity index (χ2v) is 5.64. The molecule has 2 aromatic carbocycles. The van der Waals surface area contributed by atoms with E-state index < -0.39 is 0 Å². The third-order valence-electron chi connectivity index (χ3n) is 3.68. The van der Waals surface area contributed by atoms with E-state index in [9.17, 15) is 19.8 Å². The number of methoxy groups -OCH3 is 2. The standard InChI is InChI=1S/C21H20O6.Ca.2H/c1-26-20-11-14(5-9-18(20)24)3-7-16(22)13-17(23)8-4-15-6-10-19(25)21(12-15)27-2;;;/h3-12,24-25H,13H2,1-2H3;;;. The van der Waals surface area contributed by atoms with E-state index in [2.05, 4.69) is 0 Å². The van der Waals surface area contributed by atoms with Crippen molar-refractivity contribution in [2.75, 3.05) is 14.2 Å². The van der Waals surface area contributed by atoms with Crippen LogP contribution in [0.5, 0.6) is 23.0 Å². The van der Waals surface area contributed by atoms with Gasteiger partial charge in [0.15, 0.2) is 34.6 Å². The predicted molar refractivity (Wildman–Crippen MR) is 111 cm³/mol. The SMILES string of the molecule is COc1cc(C=CC(=O)CC(=O)C=Cc2ccc(O)c(OC)c2)ccc1O.[CaH2]. The molecule has 0 unspecified atom stereocenters. The average molecular weight is 410 g/mol. The average Bonchev–Trinajstić information content (AvgIpc) is 2.66. The maximum atomic E-state index is 11.9. The molecule has 0 radical (unpaired) electrons. The van der Waals surface area contributed by atoms with E-state index >= 15 is 0 Å². The number of ether oxygens (including phenoxy) is 2. The number of rotatable bonds is 8. The van der Waals surface area contributed by atoms with Crippen molar-refractivity contribution in [3.8, 4) is 23.0 Å². The summed E-state index contributed by atoms with van der Waals surface area (Å²) in [6.45, 7) is 0. The van der Waals surface area contributed by atoms with E-state index in [-0.39, 0.29) is 67.2 Å². The Hall–Kier alpha value is -2.28. The Labute approximate surface area is 193 Å². The van der Waals surface area contributed by atoms with Crippen LogP contribution in [0.25, 0.3) is 12.2 Å². The molecule has 0 aliphatic heterocycles. The quantitative estimate of drug-likeness (QED) is 0.395. The third-order valence-corrected chi connectivity index (χ3v) is 3.68. The molecule has 2 aromatic rings. The number of allylic oxidation sites excluding steroid dienone is 2. The Morgan fingerprint density at radius 3 is 1.57 bits per heavy atom. The van der Waals surface area contributed by atoms with Crippen LogP contribution in [-0.2, 0) is 9.59 Å². The summed E-state index contributed by atoms with van der Waals surface area (Å²) in [4.78, 5) is 23.9. The first-order valence-corrected chi connectivity index (χ1v) is 8.08. The molecule has 2 rings (SSSR count). The van der Waals surface area contributed by atoms with Crippen molar-refractivity contribution in [1.29, 1.82) is 0 Å². The zero-order valence-corrected chi connectivity index (χ0v) is 15.0. The van der Waals surface area contributed by atoms with Crippen LogP contribution < -0.4 is 9.47 Å². The minimum atomic E-state index is -0.347. The number of hydrogen-bond donors (Lipinski definition) is 2. The first kappa shape index (κ1) is 23.8. The number of aromatic hydroxyl groups is 2. The monoisotopic (exact) mass is 410 g/mol. The maximum absolute atomic E-state index is 11.9. The Balaban J connectivity index is 0.00000392. The van der Waals surface area contributed by atoms with Crippen LogP contribution in [0.15, 0.2) is 48.6 Å². The molecular formula is C21H22CaO6. The summed E-state index contributed by atoms with van der Waals surface area (Å²) in [5.41, 5.74) is 1.33. The van der Waals surface area contributed by atoms with E-state index in [0.717, 1.165) is 0 Å². The van der Waals surface area contributed by atoms with Crippen LogP contribution in [0.2, 0.25) is 0 Å². The van der Waals surface area contributed by atoms with Gasteiger partial charge in [-0.15, -0.1) is 0 Å². The summed E-state index contributed by atoms with van der Waals surface area (Å²) in [5.74, 6) is -0.0832. The first-order chi connectivity index (χ1) is 12.9. The van der Waals surface area contributed by atoms with Crippen LogP contribution in [0.4, 0.5) is 0 Å². The van der Waals surface area contributed by atoms with Crippen molar-refractivity contribution in [3.05, 3.63) is 59.7 Å². The molecule has 0 bridgehead atoms. The number of carbonyl (C=O) groups excluding carboxylic acids is 2. The summed E-state index contributed by atoms with van der Waals surface area (Å²) in [7, 11) is 2.87. The van der Waals surface area contributed by atoms with Gasteiger partial charge >= 0.3 is 37.7 Å². The third kappa shape index (κ3) is 7.03. The molecule has 0 heterocycles. The molecular weight excluding hydrogens is 388 g/mol. The van der Waals surface area contributed by atoms with Gasteiger partial charge < -0.3 is 19.7 Å². The molecule has 7 heteroatoms. The van der Waals surface area contributed by atoms with Gasteiger partial charge in [-0.2, -0.15) is 0 Å². The molecule has 0 spiro atoms. The van der Waals surface area contributed by atoms with Crippen molar-refractivity contribution >= 4 is 61.5 Å². The van der Waals surface area contributed by atoms with Gasteiger partial charge in [0, 0.05) is 0 Å². The van der Waals surface area contributed by atoms with Crippen molar-refractivity contribution in [2.45, 2.75) is 6.42 Å². The second kappa shape index (κ2) is 11.5. The number of benzene rings is 2. The van der Waals surface area contributed by atoms with Crippen molar-refractivity contribution in [3.63, 3.8) is 0 Å². The molecule has 28 heavy (non-hydrogen) atoms. The molecule has 0 fully saturated rings. The molecule has 2 N–H and O–H groups in total. The molecule has 0 saturated heterocycles. The topological polar surface area (TPSA) is 93.1 Å². The van der Waals surface area contributed by atoms with Gasteiger partial charge in [0.05, 0.1) is 20.6 Å². The number of carbonyl (C=O) groups is 2. The second-order valence-electron chi connectivity index (χ2n) is 5.64. The molecule has 0 aliphatic rings. The molecule has 144 valence electrons. The zero-order chi connectivity index (χ0) is 19.8. The van der Waals surface area contributed by atoms with Gasteiger partial charge in [-0.3, -0.25) is 9.59 Å². The summed E-state index contributed by atoms with van der Waals surface area (Å²) in [5, 5.41) is 19.1. The van der Waals surface area contributed by atoms with Gasteiger partial charge in [0.25, 0.3) is 0 Å². The Bertz CT molecular complexity index is 828. The first-order valence-electron chi connectivity index (χ1n) is 8.08. The van der Waals surface area contributed by atoms with Gasteiger partial charge in [0.1, 0.15) is 0 Å². The van der Waals surface area contributed by atoms with E-state index in [1.807, 2.05) is 0 Å². The molecule has 0 atom stereocenters. The minimum absolute atomic E-state index is 0. The number of hydrogen-bond acceptors (Lipinski definition) is 6. The van der Waals surface area contributed by atoms with Crippen LogP contribution in [-0.4, -0.2) is 73.7 Å². The fourth-order valence-corrected chi connectivity index (χ4v) is 2.26. The summed E-state index contributed by atoms with van der Waals surface area (Å²) in [6, 6.07) is 9.34. The predicted octanol–water partition coefficient (Wildman–Crippen LogP) is 2.45. The number of phenols is 2. The van der Waals surface area contributed by atoms with E-state index in [0.29, 0.717) is 22.6 Å². The fourth-order valence-electron chi connectivity index (χ4n) is 2.26. The van der Waals surface area contributed by atoms with E-state index in [1.54, 1.807) is 36.4 Å². The van der Waals surface area contributed by atoms with E-state index in [1.165, 1.54) is 38.5 Å². The van der Waals surface area contributed by atoms with E-state index in [4.69, 9.17) is 9.47 Å². The van der Waals surface area contributed by atoms with Crippen LogP contribution in [0.1, 0.15) is 17.5 Å². The van der Waals surface area contributed by atoms with Crippen LogP contribution in [0, 0.1) is 0 Å². The molecule has 0 aromatic heterocycles. The normalized spacial score (nSPS) is 10.6. The van der Waals surface area contributed by atoms with Gasteiger partial charge in [-0.05, 0) is 47.5 Å². The Kier molecular flexibility index (Phi) is 9.79. The van der Waals surface area contributed by atoms with Crippen LogP contribution >= 0.6 is 0 Å². The summed E-state index contributed by atoms with van der Waals surface area (Å²) >= 11 is 0.